The Morgan fingerprint density at radius 3 is 2.23 bits per heavy atom. The molecule has 0 spiro atoms. The van der Waals surface area contributed by atoms with Gasteiger partial charge in [0.15, 0.2) is 23.1 Å². The number of nitrogens with zero attached hydrogens (tertiary/aromatic N) is 2. The van der Waals surface area contributed by atoms with Crippen LogP contribution in [0.2, 0.25) is 0 Å². The molecule has 31 heavy (non-hydrogen) atoms. The van der Waals surface area contributed by atoms with E-state index >= 15 is 0 Å². The third-order valence-electron chi connectivity index (χ3n) is 5.50. The Kier molecular flexibility index (Phi) is 6.20. The summed E-state index contributed by atoms with van der Waals surface area (Å²) >= 11 is 0. The molecule has 1 aliphatic rings. The van der Waals surface area contributed by atoms with Gasteiger partial charge in [0.25, 0.3) is 0 Å². The molecule has 4 rings (SSSR count). The lowest BCUT2D eigenvalue weighted by Gasteiger charge is -2.22. The maximum absolute atomic E-state index is 13.6. The maximum Gasteiger partial charge on any atom is 0.187 e. The number of benzene rings is 3. The highest BCUT2D eigenvalue weighted by Crippen LogP contribution is 2.30. The Morgan fingerprint density at radius 2 is 1.58 bits per heavy atom. The van der Waals surface area contributed by atoms with Crippen molar-refractivity contribution in [1.29, 1.82) is 0 Å². The van der Waals surface area contributed by atoms with Gasteiger partial charge in [-0.25, -0.2) is 13.6 Å². The van der Waals surface area contributed by atoms with Gasteiger partial charge >= 0.3 is 0 Å². The molecule has 0 unspecified atom stereocenters. The molecule has 3 aromatic carbocycles. The molecule has 3 nitrogen and oxygen atoms in total. The van der Waals surface area contributed by atoms with Crippen LogP contribution in [0, 0.1) is 18.2 Å². The number of hydrogen-bond acceptors (Lipinski definition) is 2. The zero-order chi connectivity index (χ0) is 21.8. The zero-order valence-electron chi connectivity index (χ0n) is 17.0. The van der Waals surface area contributed by atoms with Crippen molar-refractivity contribution in [1.82, 2.24) is 4.90 Å². The van der Waals surface area contributed by atoms with Crippen molar-refractivity contribution in [3.05, 3.63) is 112 Å². The van der Waals surface area contributed by atoms with Gasteiger partial charge in [-0.3, -0.25) is 9.69 Å². The van der Waals surface area contributed by atoms with Crippen molar-refractivity contribution in [3.63, 3.8) is 0 Å². The van der Waals surface area contributed by atoms with Crippen LogP contribution < -0.4 is 0 Å². The second kappa shape index (κ2) is 9.20. The van der Waals surface area contributed by atoms with E-state index in [-0.39, 0.29) is 12.2 Å². The minimum Gasteiger partial charge on any atom is -0.294 e. The molecule has 5 heteroatoms. The van der Waals surface area contributed by atoms with Crippen molar-refractivity contribution in [2.24, 2.45) is 0 Å². The zero-order valence-corrected chi connectivity index (χ0v) is 17.0. The van der Waals surface area contributed by atoms with Crippen molar-refractivity contribution in [2.45, 2.75) is 38.4 Å². The molecule has 1 saturated carbocycles. The van der Waals surface area contributed by atoms with Crippen molar-refractivity contribution in [2.75, 3.05) is 0 Å². The third-order valence-corrected chi connectivity index (χ3v) is 5.50. The van der Waals surface area contributed by atoms with E-state index in [1.807, 2.05) is 36.4 Å². The summed E-state index contributed by atoms with van der Waals surface area (Å²) in [5.41, 5.74) is 3.83. The highest BCUT2D eigenvalue weighted by Gasteiger charge is 2.29. The highest BCUT2D eigenvalue weighted by atomic mass is 19.2. The summed E-state index contributed by atoms with van der Waals surface area (Å²) in [5.74, 6) is -1.64. The van der Waals surface area contributed by atoms with E-state index < -0.39 is 11.6 Å². The molecule has 0 atom stereocenters. The molecule has 0 heterocycles. The van der Waals surface area contributed by atoms with E-state index in [0.717, 1.165) is 29.5 Å². The van der Waals surface area contributed by atoms with Gasteiger partial charge in [-0.2, -0.15) is 0 Å². The summed E-state index contributed by atoms with van der Waals surface area (Å²) in [5, 5.41) is 0. The van der Waals surface area contributed by atoms with E-state index in [4.69, 9.17) is 6.57 Å². The Hall–Kier alpha value is -3.36. The standard InChI is InChI=1S/C26H22F2N2O/c1-29-22-8-5-18(6-9-22)15-26(31)21-4-2-3-19(13-21)16-30(23-10-11-23)17-20-7-12-24(27)25(28)14-20/h2-9,12-14,23H,10-11,15-17H2. The van der Waals surface area contributed by atoms with Gasteiger partial charge in [0, 0.05) is 31.1 Å². The number of rotatable bonds is 8. The summed E-state index contributed by atoms with van der Waals surface area (Å²) in [6, 6.07) is 19.1. The molecule has 0 bridgehead atoms. The Balaban J connectivity index is 1.45. The second-order valence-corrected chi connectivity index (χ2v) is 7.96. The van der Waals surface area contributed by atoms with Gasteiger partial charge in [0.05, 0.1) is 6.57 Å². The fraction of sp³-hybridized carbons (Fsp3) is 0.231. The molecular weight excluding hydrogens is 394 g/mol. The van der Waals surface area contributed by atoms with E-state index in [0.29, 0.717) is 30.4 Å². The Bertz CT molecular complexity index is 1130. The van der Waals surface area contributed by atoms with Gasteiger partial charge in [0.1, 0.15) is 0 Å². The largest absolute Gasteiger partial charge is 0.294 e. The summed E-state index contributed by atoms with van der Waals surface area (Å²) in [6.07, 6.45) is 2.45. The Labute approximate surface area is 180 Å². The quantitative estimate of drug-likeness (QED) is 0.327. The van der Waals surface area contributed by atoms with Crippen LogP contribution in [0.15, 0.2) is 66.7 Å². The molecule has 156 valence electrons. The molecule has 0 aromatic heterocycles. The molecule has 1 aliphatic carbocycles. The van der Waals surface area contributed by atoms with Crippen LogP contribution in [0.25, 0.3) is 4.85 Å². The van der Waals surface area contributed by atoms with E-state index in [9.17, 15) is 13.6 Å². The number of ketones is 1. The highest BCUT2D eigenvalue weighted by molar-refractivity contribution is 5.97. The Morgan fingerprint density at radius 1 is 0.903 bits per heavy atom. The fourth-order valence-electron chi connectivity index (χ4n) is 3.68. The van der Waals surface area contributed by atoms with Gasteiger partial charge in [-0.05, 0) is 47.7 Å². The number of halogens is 2. The SMILES string of the molecule is [C-]#[N+]c1ccc(CC(=O)c2cccc(CN(Cc3ccc(F)c(F)c3)C3CC3)c2)cc1. The third kappa shape index (κ3) is 5.42. The summed E-state index contributed by atoms with van der Waals surface area (Å²) < 4.78 is 26.8. The lowest BCUT2D eigenvalue weighted by Crippen LogP contribution is -2.25. The number of hydrogen-bond donors (Lipinski definition) is 0. The molecular formula is C26H22F2N2O. The summed E-state index contributed by atoms with van der Waals surface area (Å²) in [4.78, 5) is 18.4. The monoisotopic (exact) mass is 416 g/mol. The van der Waals surface area contributed by atoms with Crippen molar-refractivity contribution < 1.29 is 13.6 Å². The fourth-order valence-corrected chi connectivity index (χ4v) is 3.68. The number of carbonyl (C=O) groups is 1. The molecule has 1 fully saturated rings. The van der Waals surface area contributed by atoms with E-state index in [1.54, 1.807) is 18.2 Å². The first-order valence-electron chi connectivity index (χ1n) is 10.3. The van der Waals surface area contributed by atoms with Crippen molar-refractivity contribution in [3.8, 4) is 0 Å². The first kappa shape index (κ1) is 20.9. The van der Waals surface area contributed by atoms with E-state index in [2.05, 4.69) is 9.74 Å². The van der Waals surface area contributed by atoms with Crippen LogP contribution in [-0.2, 0) is 19.5 Å². The molecule has 0 saturated heterocycles. The van der Waals surface area contributed by atoms with Gasteiger partial charge in [0.2, 0.25) is 0 Å². The molecule has 0 radical (unpaired) electrons. The molecule has 0 aliphatic heterocycles. The van der Waals surface area contributed by atoms with Crippen LogP contribution in [-0.4, -0.2) is 16.7 Å². The van der Waals surface area contributed by atoms with Gasteiger partial charge in [-0.1, -0.05) is 48.5 Å². The lowest BCUT2D eigenvalue weighted by atomic mass is 10.0. The molecule has 0 N–H and O–H groups in total. The first-order valence-corrected chi connectivity index (χ1v) is 10.3. The number of Topliss-reactive ketones (excluding diaryl/α,β-unsaturated/α-hetero) is 1. The predicted octanol–water partition coefficient (Wildman–Crippen LogP) is 6.11. The topological polar surface area (TPSA) is 24.7 Å². The molecule has 0 amide bonds. The van der Waals surface area contributed by atoms with Crippen molar-refractivity contribution >= 4 is 11.5 Å². The summed E-state index contributed by atoms with van der Waals surface area (Å²) in [6.45, 7) is 8.19. The minimum absolute atomic E-state index is 0.0241. The van der Waals surface area contributed by atoms with Crippen LogP contribution in [0.4, 0.5) is 14.5 Å². The summed E-state index contributed by atoms with van der Waals surface area (Å²) in [7, 11) is 0. The normalized spacial score (nSPS) is 13.2. The second-order valence-electron chi connectivity index (χ2n) is 7.96. The smallest absolute Gasteiger partial charge is 0.187 e. The van der Waals surface area contributed by atoms with Gasteiger partial charge in [-0.15, -0.1) is 0 Å². The average Bonchev–Trinajstić information content (AvgIpc) is 3.62. The minimum atomic E-state index is -0.836. The lowest BCUT2D eigenvalue weighted by molar-refractivity contribution is 0.0992. The van der Waals surface area contributed by atoms with Crippen LogP contribution in [0.3, 0.4) is 0 Å². The van der Waals surface area contributed by atoms with Crippen LogP contribution >= 0.6 is 0 Å². The molecule has 3 aromatic rings. The average molecular weight is 416 g/mol. The van der Waals surface area contributed by atoms with Crippen LogP contribution in [0.5, 0.6) is 0 Å². The first-order chi connectivity index (χ1) is 15.0. The maximum atomic E-state index is 13.6. The van der Waals surface area contributed by atoms with E-state index in [1.165, 1.54) is 12.1 Å². The van der Waals surface area contributed by atoms with Gasteiger partial charge < -0.3 is 0 Å². The van der Waals surface area contributed by atoms with Crippen LogP contribution in [0.1, 0.15) is 39.9 Å². The number of carbonyl (C=O) groups excluding carboxylic acids is 1. The predicted molar refractivity (Wildman–Crippen MR) is 116 cm³/mol.